The standard InChI is InChI=1S/C16H18N6O2S/c1-4-7-22-10(3)20-21-16(22)25-9(2)14(23)17-11-5-6-12-13(8-11)19-15(24)18-12/h4-6,8-9H,1,7H2,2-3H3,(H,17,23)(H2,18,19,24)/t9-/m1/s1. The van der Waals surface area contributed by atoms with Gasteiger partial charge in [-0.25, -0.2) is 4.79 Å². The van der Waals surface area contributed by atoms with E-state index in [0.717, 1.165) is 5.82 Å². The van der Waals surface area contributed by atoms with E-state index < -0.39 is 0 Å². The van der Waals surface area contributed by atoms with Crippen molar-refractivity contribution < 1.29 is 4.79 Å². The van der Waals surface area contributed by atoms with Gasteiger partial charge in [0.15, 0.2) is 5.16 Å². The molecule has 0 spiro atoms. The molecule has 0 fully saturated rings. The van der Waals surface area contributed by atoms with Gasteiger partial charge in [-0.1, -0.05) is 17.8 Å². The summed E-state index contributed by atoms with van der Waals surface area (Å²) in [6, 6.07) is 5.20. The fourth-order valence-electron chi connectivity index (χ4n) is 2.35. The molecule has 8 nitrogen and oxygen atoms in total. The topological polar surface area (TPSA) is 108 Å². The Kier molecular flexibility index (Phi) is 4.75. The summed E-state index contributed by atoms with van der Waals surface area (Å²) >= 11 is 1.33. The molecule has 0 aliphatic rings. The summed E-state index contributed by atoms with van der Waals surface area (Å²) in [5.41, 5.74) is 1.67. The number of anilines is 1. The number of fused-ring (bicyclic) bond motifs is 1. The van der Waals surface area contributed by atoms with E-state index in [1.54, 1.807) is 31.2 Å². The van der Waals surface area contributed by atoms with Crippen molar-refractivity contribution in [1.29, 1.82) is 0 Å². The number of aromatic amines is 2. The molecular weight excluding hydrogens is 340 g/mol. The Bertz CT molecular complexity index is 986. The fraction of sp³-hybridized carbons (Fsp3) is 0.250. The largest absolute Gasteiger partial charge is 0.325 e. The van der Waals surface area contributed by atoms with E-state index in [2.05, 4.69) is 32.1 Å². The number of aryl methyl sites for hydroxylation is 1. The number of aromatic nitrogens is 5. The molecule has 0 aliphatic carbocycles. The third-order valence-electron chi connectivity index (χ3n) is 3.65. The molecule has 1 amide bonds. The minimum Gasteiger partial charge on any atom is -0.325 e. The maximum Gasteiger partial charge on any atom is 0.323 e. The molecule has 3 rings (SSSR count). The third kappa shape index (κ3) is 3.66. The minimum atomic E-state index is -0.367. The van der Waals surface area contributed by atoms with Crippen molar-refractivity contribution in [3.8, 4) is 0 Å². The van der Waals surface area contributed by atoms with E-state index in [1.807, 2.05) is 11.5 Å². The molecule has 1 aromatic carbocycles. The summed E-state index contributed by atoms with van der Waals surface area (Å²) in [5.74, 6) is 0.616. The van der Waals surface area contributed by atoms with Crippen LogP contribution in [0.4, 0.5) is 5.69 Å². The van der Waals surface area contributed by atoms with E-state index in [1.165, 1.54) is 11.8 Å². The van der Waals surface area contributed by atoms with Crippen molar-refractivity contribution >= 4 is 34.4 Å². The Hall–Kier alpha value is -2.81. The van der Waals surface area contributed by atoms with Gasteiger partial charge >= 0.3 is 5.69 Å². The maximum atomic E-state index is 12.4. The fourth-order valence-corrected chi connectivity index (χ4v) is 3.26. The molecule has 0 radical (unpaired) electrons. The number of amides is 1. The van der Waals surface area contributed by atoms with Crippen molar-refractivity contribution in [1.82, 2.24) is 24.7 Å². The van der Waals surface area contributed by atoms with E-state index >= 15 is 0 Å². The second-order valence-corrected chi connectivity index (χ2v) is 6.83. The number of hydrogen-bond donors (Lipinski definition) is 3. The smallest absolute Gasteiger partial charge is 0.323 e. The number of nitrogens with one attached hydrogen (secondary N) is 3. The number of carbonyl (C=O) groups is 1. The van der Waals surface area contributed by atoms with Crippen LogP contribution in [0, 0.1) is 6.92 Å². The van der Waals surface area contributed by atoms with Crippen LogP contribution in [0.3, 0.4) is 0 Å². The van der Waals surface area contributed by atoms with Crippen LogP contribution in [0.2, 0.25) is 0 Å². The lowest BCUT2D eigenvalue weighted by Crippen LogP contribution is -2.23. The molecule has 0 unspecified atom stereocenters. The maximum absolute atomic E-state index is 12.4. The molecule has 25 heavy (non-hydrogen) atoms. The summed E-state index contributed by atoms with van der Waals surface area (Å²) in [7, 11) is 0. The molecule has 0 aliphatic heterocycles. The number of thioether (sulfide) groups is 1. The van der Waals surface area contributed by atoms with Crippen molar-refractivity contribution in [2.45, 2.75) is 30.8 Å². The van der Waals surface area contributed by atoms with Gasteiger partial charge in [0.1, 0.15) is 5.82 Å². The van der Waals surface area contributed by atoms with Crippen molar-refractivity contribution in [2.24, 2.45) is 0 Å². The zero-order chi connectivity index (χ0) is 18.0. The molecule has 2 aromatic heterocycles. The number of benzene rings is 1. The molecule has 0 saturated carbocycles. The zero-order valence-corrected chi connectivity index (χ0v) is 14.7. The van der Waals surface area contributed by atoms with Crippen LogP contribution in [0.1, 0.15) is 12.7 Å². The number of H-pyrrole nitrogens is 2. The van der Waals surface area contributed by atoms with E-state index in [0.29, 0.717) is 28.4 Å². The lowest BCUT2D eigenvalue weighted by Gasteiger charge is -2.12. The molecule has 2 heterocycles. The summed E-state index contributed by atoms with van der Waals surface area (Å²) < 4.78 is 1.90. The van der Waals surface area contributed by atoms with E-state index in [9.17, 15) is 9.59 Å². The highest BCUT2D eigenvalue weighted by Crippen LogP contribution is 2.24. The molecule has 130 valence electrons. The monoisotopic (exact) mass is 358 g/mol. The number of allylic oxidation sites excluding steroid dienone is 1. The van der Waals surface area contributed by atoms with Gasteiger partial charge in [0.25, 0.3) is 0 Å². The van der Waals surface area contributed by atoms with Crippen molar-refractivity contribution in [3.63, 3.8) is 0 Å². The second kappa shape index (κ2) is 6.98. The van der Waals surface area contributed by atoms with Crippen LogP contribution < -0.4 is 11.0 Å². The number of hydrogen-bond acceptors (Lipinski definition) is 5. The molecule has 0 saturated heterocycles. The van der Waals surface area contributed by atoms with Crippen LogP contribution in [0.15, 0.2) is 40.8 Å². The van der Waals surface area contributed by atoms with Gasteiger partial charge in [0.2, 0.25) is 5.91 Å². The van der Waals surface area contributed by atoms with E-state index in [4.69, 9.17) is 0 Å². The van der Waals surface area contributed by atoms with Crippen molar-refractivity contribution in [2.75, 3.05) is 5.32 Å². The van der Waals surface area contributed by atoms with Crippen LogP contribution in [0.25, 0.3) is 11.0 Å². The number of rotatable bonds is 6. The van der Waals surface area contributed by atoms with Gasteiger partial charge < -0.3 is 19.9 Å². The predicted octanol–water partition coefficient (Wildman–Crippen LogP) is 2.06. The Morgan fingerprint density at radius 2 is 2.16 bits per heavy atom. The second-order valence-electron chi connectivity index (χ2n) is 5.52. The van der Waals surface area contributed by atoms with Crippen LogP contribution in [0.5, 0.6) is 0 Å². The van der Waals surface area contributed by atoms with Crippen LogP contribution in [-0.2, 0) is 11.3 Å². The first kappa shape index (κ1) is 17.0. The summed E-state index contributed by atoms with van der Waals surface area (Å²) in [4.78, 5) is 29.1. The van der Waals surface area contributed by atoms with Crippen molar-refractivity contribution in [3.05, 3.63) is 47.2 Å². The quantitative estimate of drug-likeness (QED) is 0.462. The first-order valence-electron chi connectivity index (χ1n) is 7.68. The van der Waals surface area contributed by atoms with Gasteiger partial charge in [-0.2, -0.15) is 0 Å². The van der Waals surface area contributed by atoms with Gasteiger partial charge in [0.05, 0.1) is 16.3 Å². The molecule has 3 N–H and O–H groups in total. The molecule has 9 heteroatoms. The Labute approximate surface area is 147 Å². The Morgan fingerprint density at radius 1 is 1.40 bits per heavy atom. The molecular formula is C16H18N6O2S. The van der Waals surface area contributed by atoms with Gasteiger partial charge in [-0.05, 0) is 32.0 Å². The summed E-state index contributed by atoms with van der Waals surface area (Å²) in [6.45, 7) is 7.98. The van der Waals surface area contributed by atoms with E-state index in [-0.39, 0.29) is 16.8 Å². The number of nitrogens with zero attached hydrogens (tertiary/aromatic N) is 3. The first-order valence-corrected chi connectivity index (χ1v) is 8.56. The van der Waals surface area contributed by atoms with Gasteiger partial charge in [0, 0.05) is 12.2 Å². The Morgan fingerprint density at radius 3 is 2.92 bits per heavy atom. The van der Waals surface area contributed by atoms with Gasteiger partial charge in [-0.3, -0.25) is 4.79 Å². The zero-order valence-electron chi connectivity index (χ0n) is 13.9. The SMILES string of the molecule is C=CCn1c(C)nnc1S[C@H](C)C(=O)Nc1ccc2[nH]c(=O)[nH]c2c1. The van der Waals surface area contributed by atoms with Crippen LogP contribution in [-0.4, -0.2) is 35.9 Å². The number of imidazole rings is 1. The summed E-state index contributed by atoms with van der Waals surface area (Å²) in [6.07, 6.45) is 1.76. The predicted molar refractivity (Wildman–Crippen MR) is 97.8 cm³/mol. The highest BCUT2D eigenvalue weighted by molar-refractivity contribution is 8.00. The number of carbonyl (C=O) groups excluding carboxylic acids is 1. The van der Waals surface area contributed by atoms with Gasteiger partial charge in [-0.15, -0.1) is 16.8 Å². The van der Waals surface area contributed by atoms with Crippen LogP contribution >= 0.6 is 11.8 Å². The average Bonchev–Trinajstić information content (AvgIpc) is 3.10. The molecule has 0 bridgehead atoms. The Balaban J connectivity index is 1.71. The molecule has 3 aromatic rings. The highest BCUT2D eigenvalue weighted by Gasteiger charge is 2.19. The minimum absolute atomic E-state index is 0.159. The summed E-state index contributed by atoms with van der Waals surface area (Å²) in [5, 5.41) is 11.3. The molecule has 1 atom stereocenters. The average molecular weight is 358 g/mol. The first-order chi connectivity index (χ1) is 12.0. The lowest BCUT2D eigenvalue weighted by molar-refractivity contribution is -0.115. The lowest BCUT2D eigenvalue weighted by atomic mass is 10.2. The third-order valence-corrected chi connectivity index (χ3v) is 4.73. The highest BCUT2D eigenvalue weighted by atomic mass is 32.2. The normalized spacial score (nSPS) is 12.2.